The third kappa shape index (κ3) is 5.00. The summed E-state index contributed by atoms with van der Waals surface area (Å²) >= 11 is 1.63. The van der Waals surface area contributed by atoms with Crippen LogP contribution >= 0.6 is 11.8 Å². The van der Waals surface area contributed by atoms with Crippen molar-refractivity contribution in [2.45, 2.75) is 24.5 Å². The Labute approximate surface area is 170 Å². The van der Waals surface area contributed by atoms with Crippen LogP contribution in [-0.2, 0) is 22.3 Å². The molecule has 4 nitrogen and oxygen atoms in total. The number of hydrogen-bond donors (Lipinski definition) is 0. The van der Waals surface area contributed by atoms with Crippen molar-refractivity contribution in [3.8, 4) is 22.4 Å². The Kier molecular flexibility index (Phi) is 6.32. The van der Waals surface area contributed by atoms with E-state index in [-0.39, 0.29) is 12.3 Å². The highest BCUT2D eigenvalue weighted by molar-refractivity contribution is 7.98. The van der Waals surface area contributed by atoms with Crippen LogP contribution in [0.15, 0.2) is 59.5 Å². The Morgan fingerprint density at radius 3 is 2.38 bits per heavy atom. The monoisotopic (exact) mass is 420 g/mol. The normalized spacial score (nSPS) is 11.5. The van der Waals surface area contributed by atoms with Gasteiger partial charge in [-0.2, -0.15) is 18.3 Å². The van der Waals surface area contributed by atoms with Crippen molar-refractivity contribution >= 4 is 17.7 Å². The number of halogens is 3. The molecule has 0 radical (unpaired) electrons. The van der Waals surface area contributed by atoms with Crippen LogP contribution in [0.25, 0.3) is 22.4 Å². The molecule has 0 aliphatic heterocycles. The minimum Gasteiger partial charge on any atom is -0.465 e. The molecule has 3 rings (SSSR count). The first-order chi connectivity index (χ1) is 13.8. The van der Waals surface area contributed by atoms with E-state index in [0.29, 0.717) is 5.56 Å². The van der Waals surface area contributed by atoms with E-state index < -0.39 is 24.4 Å². The Morgan fingerprint density at radius 2 is 1.76 bits per heavy atom. The molecule has 1 heterocycles. The molecule has 0 aliphatic rings. The zero-order valence-electron chi connectivity index (χ0n) is 15.9. The number of esters is 1. The van der Waals surface area contributed by atoms with Crippen LogP contribution in [0.1, 0.15) is 12.6 Å². The standard InChI is InChI=1S/C21H19F3N2O2S/c1-3-28-20(27)13-26-18(12-19(25-26)21(22,23)24)15-9-7-14(8-10-15)16-5-4-6-17(11-16)29-2/h4-12H,3,13H2,1-2H3. The van der Waals surface area contributed by atoms with E-state index in [0.717, 1.165) is 26.8 Å². The maximum atomic E-state index is 13.1. The van der Waals surface area contributed by atoms with Gasteiger partial charge >= 0.3 is 12.1 Å². The van der Waals surface area contributed by atoms with Gasteiger partial charge in [0.15, 0.2) is 5.69 Å². The summed E-state index contributed by atoms with van der Waals surface area (Å²) in [7, 11) is 0. The largest absolute Gasteiger partial charge is 0.465 e. The minimum absolute atomic E-state index is 0.144. The number of carbonyl (C=O) groups is 1. The van der Waals surface area contributed by atoms with E-state index in [9.17, 15) is 18.0 Å². The maximum Gasteiger partial charge on any atom is 0.435 e. The Morgan fingerprint density at radius 1 is 1.07 bits per heavy atom. The fourth-order valence-corrected chi connectivity index (χ4v) is 3.33. The Bertz CT molecular complexity index is 998. The van der Waals surface area contributed by atoms with E-state index in [1.165, 1.54) is 0 Å². The van der Waals surface area contributed by atoms with Gasteiger partial charge in [0.25, 0.3) is 0 Å². The van der Waals surface area contributed by atoms with Crippen molar-refractivity contribution < 1.29 is 22.7 Å². The Hall–Kier alpha value is -2.74. The highest BCUT2D eigenvalue weighted by Gasteiger charge is 2.35. The molecule has 0 N–H and O–H groups in total. The van der Waals surface area contributed by atoms with Crippen molar-refractivity contribution in [2.75, 3.05) is 12.9 Å². The second-order valence-electron chi connectivity index (χ2n) is 6.18. The molecule has 0 unspecified atom stereocenters. The van der Waals surface area contributed by atoms with Crippen molar-refractivity contribution in [3.05, 3.63) is 60.3 Å². The summed E-state index contributed by atoms with van der Waals surface area (Å²) in [6.45, 7) is 1.38. The van der Waals surface area contributed by atoms with E-state index in [1.54, 1.807) is 30.8 Å². The number of thioether (sulfide) groups is 1. The molecule has 2 aromatic carbocycles. The number of carbonyl (C=O) groups excluding carboxylic acids is 1. The molecular formula is C21H19F3N2O2S. The fraction of sp³-hybridized carbons (Fsp3) is 0.238. The third-order valence-corrected chi connectivity index (χ3v) is 4.96. The molecule has 1 aromatic heterocycles. The van der Waals surface area contributed by atoms with Gasteiger partial charge in [0, 0.05) is 4.90 Å². The van der Waals surface area contributed by atoms with Crippen molar-refractivity contribution in [2.24, 2.45) is 0 Å². The van der Waals surface area contributed by atoms with Crippen LogP contribution in [0.5, 0.6) is 0 Å². The molecule has 152 valence electrons. The predicted molar refractivity (Wildman–Crippen MR) is 107 cm³/mol. The molecule has 8 heteroatoms. The summed E-state index contributed by atoms with van der Waals surface area (Å²) in [4.78, 5) is 12.9. The van der Waals surface area contributed by atoms with Crippen molar-refractivity contribution in [1.29, 1.82) is 0 Å². The number of benzene rings is 2. The number of aromatic nitrogens is 2. The van der Waals surface area contributed by atoms with Crippen molar-refractivity contribution in [3.63, 3.8) is 0 Å². The van der Waals surface area contributed by atoms with Crippen LogP contribution in [-0.4, -0.2) is 28.6 Å². The average molecular weight is 420 g/mol. The first-order valence-corrected chi connectivity index (χ1v) is 10.1. The zero-order chi connectivity index (χ0) is 21.0. The molecule has 3 aromatic rings. The number of rotatable bonds is 6. The second-order valence-corrected chi connectivity index (χ2v) is 7.06. The van der Waals surface area contributed by atoms with Gasteiger partial charge in [-0.15, -0.1) is 11.8 Å². The fourth-order valence-electron chi connectivity index (χ4n) is 2.87. The summed E-state index contributed by atoms with van der Waals surface area (Å²) in [5.41, 5.74) is 1.64. The molecule has 0 fully saturated rings. The number of nitrogens with zero attached hydrogens (tertiary/aromatic N) is 2. The maximum absolute atomic E-state index is 13.1. The van der Waals surface area contributed by atoms with Gasteiger partial charge in [-0.25, -0.2) is 0 Å². The smallest absolute Gasteiger partial charge is 0.435 e. The number of hydrogen-bond acceptors (Lipinski definition) is 4. The molecule has 0 saturated carbocycles. The highest BCUT2D eigenvalue weighted by Crippen LogP contribution is 2.33. The first kappa shape index (κ1) is 21.0. The lowest BCUT2D eigenvalue weighted by Gasteiger charge is -2.09. The molecule has 0 bridgehead atoms. The SMILES string of the molecule is CCOC(=O)Cn1nc(C(F)(F)F)cc1-c1ccc(-c2cccc(SC)c2)cc1. The lowest BCUT2D eigenvalue weighted by Crippen LogP contribution is -2.16. The van der Waals surface area contributed by atoms with Gasteiger partial charge in [-0.1, -0.05) is 36.4 Å². The quantitative estimate of drug-likeness (QED) is 0.389. The molecular weight excluding hydrogens is 401 g/mol. The summed E-state index contributed by atoms with van der Waals surface area (Å²) in [6, 6.07) is 16.1. The summed E-state index contributed by atoms with van der Waals surface area (Å²) in [6.07, 6.45) is -2.61. The van der Waals surface area contributed by atoms with Crippen molar-refractivity contribution in [1.82, 2.24) is 9.78 Å². The Balaban J connectivity index is 1.96. The average Bonchev–Trinajstić information content (AvgIpc) is 3.12. The van der Waals surface area contributed by atoms with Crippen LogP contribution in [0.4, 0.5) is 13.2 Å². The lowest BCUT2D eigenvalue weighted by molar-refractivity contribution is -0.146. The zero-order valence-corrected chi connectivity index (χ0v) is 16.7. The third-order valence-electron chi connectivity index (χ3n) is 4.24. The van der Waals surface area contributed by atoms with Crippen LogP contribution < -0.4 is 0 Å². The summed E-state index contributed by atoms with van der Waals surface area (Å²) in [5.74, 6) is -0.643. The molecule has 0 aliphatic carbocycles. The molecule has 0 spiro atoms. The van der Waals surface area contributed by atoms with Gasteiger partial charge in [0.05, 0.1) is 12.3 Å². The van der Waals surface area contributed by atoms with E-state index in [4.69, 9.17) is 4.74 Å². The topological polar surface area (TPSA) is 44.1 Å². The van der Waals surface area contributed by atoms with Gasteiger partial charge in [0.1, 0.15) is 6.54 Å². The van der Waals surface area contributed by atoms with Gasteiger partial charge in [-0.05, 0) is 48.1 Å². The molecule has 0 atom stereocenters. The summed E-state index contributed by atoms with van der Waals surface area (Å²) < 4.78 is 45.3. The first-order valence-electron chi connectivity index (χ1n) is 8.87. The van der Waals surface area contributed by atoms with E-state index in [1.807, 2.05) is 42.7 Å². The van der Waals surface area contributed by atoms with Crippen LogP contribution in [0.2, 0.25) is 0 Å². The second kappa shape index (κ2) is 8.73. The lowest BCUT2D eigenvalue weighted by atomic mass is 10.0. The number of ether oxygens (including phenoxy) is 1. The molecule has 0 saturated heterocycles. The summed E-state index contributed by atoms with van der Waals surface area (Å²) in [5, 5.41) is 3.57. The van der Waals surface area contributed by atoms with E-state index >= 15 is 0 Å². The predicted octanol–water partition coefficient (Wildman–Crippen LogP) is 5.52. The van der Waals surface area contributed by atoms with Gasteiger partial charge in [-0.3, -0.25) is 9.48 Å². The molecule has 0 amide bonds. The number of alkyl halides is 3. The minimum atomic E-state index is -4.60. The van der Waals surface area contributed by atoms with Gasteiger partial charge < -0.3 is 4.74 Å². The van der Waals surface area contributed by atoms with Gasteiger partial charge in [0.2, 0.25) is 0 Å². The van der Waals surface area contributed by atoms with Crippen LogP contribution in [0, 0.1) is 0 Å². The molecule has 29 heavy (non-hydrogen) atoms. The highest BCUT2D eigenvalue weighted by atomic mass is 32.2. The van der Waals surface area contributed by atoms with E-state index in [2.05, 4.69) is 5.10 Å². The van der Waals surface area contributed by atoms with Crippen LogP contribution in [0.3, 0.4) is 0 Å².